The fourth-order valence-electron chi connectivity index (χ4n) is 1.29. The number of esters is 1. The molecule has 1 aromatic rings. The second kappa shape index (κ2) is 8.04. The third-order valence-corrected chi connectivity index (χ3v) is 3.20. The fraction of sp³-hybridized carbons (Fsp3) is 0.364. The van der Waals surface area contributed by atoms with E-state index in [1.165, 1.54) is 6.92 Å². The molecule has 0 spiro atoms. The molecule has 1 rings (SSSR count). The van der Waals surface area contributed by atoms with Crippen molar-refractivity contribution >= 4 is 28.2 Å². The van der Waals surface area contributed by atoms with Crippen molar-refractivity contribution in [1.29, 1.82) is 5.26 Å². The van der Waals surface area contributed by atoms with Crippen molar-refractivity contribution < 1.29 is 65.7 Å². The molecule has 0 aliphatic heterocycles. The van der Waals surface area contributed by atoms with E-state index in [0.717, 1.165) is 11.3 Å². The standard InChI is InChI=1S/C11H12N2O3S.K/c1-4-16-11(15)9-6(2)8(5-12)10(17-9)13-7(3)14;/h4H2,1-3H3,(H,13,14);/q;+1. The third kappa shape index (κ3) is 4.15. The quantitative estimate of drug-likeness (QED) is 0.576. The van der Waals surface area contributed by atoms with Crippen molar-refractivity contribution in [2.45, 2.75) is 20.8 Å². The summed E-state index contributed by atoms with van der Waals surface area (Å²) >= 11 is 1.06. The summed E-state index contributed by atoms with van der Waals surface area (Å²) in [5, 5.41) is 11.9. The summed E-state index contributed by atoms with van der Waals surface area (Å²) in [4.78, 5) is 22.9. The molecule has 90 valence electrons. The Kier molecular flexibility index (Phi) is 7.94. The summed E-state index contributed by atoms with van der Waals surface area (Å²) < 4.78 is 4.88. The van der Waals surface area contributed by atoms with Gasteiger partial charge in [-0.15, -0.1) is 11.3 Å². The normalized spacial score (nSPS) is 9.00. The molecule has 0 radical (unpaired) electrons. The van der Waals surface area contributed by atoms with Gasteiger partial charge in [0.15, 0.2) is 0 Å². The average Bonchev–Trinajstić information content (AvgIpc) is 2.54. The SMILES string of the molecule is CCOC(=O)c1sc(NC(C)=O)c(C#N)c1C.[K+]. The van der Waals surface area contributed by atoms with Crippen LogP contribution in [0.15, 0.2) is 0 Å². The molecule has 1 N–H and O–H groups in total. The molecule has 0 fully saturated rings. The first-order valence-corrected chi connectivity index (χ1v) is 5.81. The van der Waals surface area contributed by atoms with Gasteiger partial charge in [0.25, 0.3) is 0 Å². The molecule has 0 aromatic carbocycles. The summed E-state index contributed by atoms with van der Waals surface area (Å²) in [5.74, 6) is -0.749. The van der Waals surface area contributed by atoms with E-state index in [-0.39, 0.29) is 63.9 Å². The first kappa shape index (κ1) is 17.8. The van der Waals surface area contributed by atoms with Crippen LogP contribution in [0.2, 0.25) is 0 Å². The van der Waals surface area contributed by atoms with E-state index in [9.17, 15) is 9.59 Å². The first-order valence-electron chi connectivity index (χ1n) is 4.99. The minimum absolute atomic E-state index is 0. The second-order valence-corrected chi connectivity index (χ2v) is 4.29. The number of carbonyl (C=O) groups excluding carboxylic acids is 2. The molecule has 0 saturated heterocycles. The van der Waals surface area contributed by atoms with Crippen LogP contribution in [0.1, 0.15) is 34.6 Å². The first-order chi connectivity index (χ1) is 8.01. The van der Waals surface area contributed by atoms with E-state index in [0.29, 0.717) is 21.0 Å². The van der Waals surface area contributed by atoms with E-state index in [4.69, 9.17) is 10.00 Å². The molecule has 18 heavy (non-hydrogen) atoms. The van der Waals surface area contributed by atoms with Gasteiger partial charge < -0.3 is 10.1 Å². The van der Waals surface area contributed by atoms with E-state index in [1.807, 2.05) is 6.07 Å². The van der Waals surface area contributed by atoms with Crippen molar-refractivity contribution in [2.75, 3.05) is 11.9 Å². The molecule has 1 amide bonds. The third-order valence-electron chi connectivity index (χ3n) is 2.01. The van der Waals surface area contributed by atoms with Crippen LogP contribution >= 0.6 is 11.3 Å². The number of hydrogen-bond acceptors (Lipinski definition) is 5. The maximum Gasteiger partial charge on any atom is 1.00 e. The van der Waals surface area contributed by atoms with E-state index in [2.05, 4.69) is 5.32 Å². The van der Waals surface area contributed by atoms with Crippen LogP contribution in [0.4, 0.5) is 5.00 Å². The van der Waals surface area contributed by atoms with Crippen molar-refractivity contribution in [1.82, 2.24) is 0 Å². The van der Waals surface area contributed by atoms with Crippen molar-refractivity contribution in [2.24, 2.45) is 0 Å². The Morgan fingerprint density at radius 1 is 1.50 bits per heavy atom. The van der Waals surface area contributed by atoms with Gasteiger partial charge in [-0.05, 0) is 19.4 Å². The number of anilines is 1. The van der Waals surface area contributed by atoms with E-state index < -0.39 is 5.97 Å². The van der Waals surface area contributed by atoms with Gasteiger partial charge in [0, 0.05) is 6.92 Å². The number of ether oxygens (including phenoxy) is 1. The van der Waals surface area contributed by atoms with E-state index >= 15 is 0 Å². The smallest absolute Gasteiger partial charge is 0.462 e. The van der Waals surface area contributed by atoms with Crippen LogP contribution in [0.25, 0.3) is 0 Å². The van der Waals surface area contributed by atoms with Gasteiger partial charge in [0.1, 0.15) is 15.9 Å². The van der Waals surface area contributed by atoms with Gasteiger partial charge in [0.2, 0.25) is 5.91 Å². The Balaban J connectivity index is 0.00000289. The monoisotopic (exact) mass is 291 g/mol. The Bertz CT molecular complexity index is 505. The molecule has 0 saturated carbocycles. The van der Waals surface area contributed by atoms with Gasteiger partial charge in [-0.25, -0.2) is 4.79 Å². The minimum atomic E-state index is -0.469. The van der Waals surface area contributed by atoms with Crippen molar-refractivity contribution in [3.63, 3.8) is 0 Å². The van der Waals surface area contributed by atoms with Gasteiger partial charge in [-0.3, -0.25) is 4.79 Å². The van der Waals surface area contributed by atoms with Crippen LogP contribution in [-0.2, 0) is 9.53 Å². The number of nitriles is 1. The maximum atomic E-state index is 11.6. The topological polar surface area (TPSA) is 79.2 Å². The minimum Gasteiger partial charge on any atom is -0.462 e. The van der Waals surface area contributed by atoms with Crippen LogP contribution in [0, 0.1) is 18.3 Å². The van der Waals surface area contributed by atoms with Gasteiger partial charge in [-0.1, -0.05) is 0 Å². The molecule has 0 aliphatic rings. The summed E-state index contributed by atoms with van der Waals surface area (Å²) in [6, 6.07) is 1.97. The maximum absolute atomic E-state index is 11.6. The predicted octanol–water partition coefficient (Wildman–Crippen LogP) is -0.933. The summed E-state index contributed by atoms with van der Waals surface area (Å²) in [6.45, 7) is 4.99. The van der Waals surface area contributed by atoms with Gasteiger partial charge in [0.05, 0.1) is 12.2 Å². The number of rotatable bonds is 3. The van der Waals surface area contributed by atoms with Crippen LogP contribution in [0.5, 0.6) is 0 Å². The van der Waals surface area contributed by atoms with Crippen molar-refractivity contribution in [3.05, 3.63) is 16.0 Å². The average molecular weight is 291 g/mol. The number of thiophene rings is 1. The number of carbonyl (C=O) groups is 2. The van der Waals surface area contributed by atoms with Gasteiger partial charge in [-0.2, -0.15) is 5.26 Å². The van der Waals surface area contributed by atoms with Crippen molar-refractivity contribution in [3.8, 4) is 6.07 Å². The Morgan fingerprint density at radius 3 is 2.56 bits per heavy atom. The van der Waals surface area contributed by atoms with Crippen LogP contribution in [0.3, 0.4) is 0 Å². The van der Waals surface area contributed by atoms with Crippen LogP contribution in [-0.4, -0.2) is 18.5 Å². The summed E-state index contributed by atoms with van der Waals surface area (Å²) in [5.41, 5.74) is 0.855. The molecule has 0 bridgehead atoms. The number of hydrogen-bond donors (Lipinski definition) is 1. The zero-order valence-corrected chi connectivity index (χ0v) is 14.7. The molecule has 0 unspecified atom stereocenters. The molecule has 1 heterocycles. The predicted molar refractivity (Wildman–Crippen MR) is 64.0 cm³/mol. The second-order valence-electron chi connectivity index (χ2n) is 3.27. The molecular formula is C11H12KN2O3S+. The summed E-state index contributed by atoms with van der Waals surface area (Å²) in [6.07, 6.45) is 0. The number of nitrogens with zero attached hydrogens (tertiary/aromatic N) is 1. The van der Waals surface area contributed by atoms with Crippen LogP contribution < -0.4 is 56.7 Å². The molecular weight excluding hydrogens is 279 g/mol. The van der Waals surface area contributed by atoms with E-state index in [1.54, 1.807) is 13.8 Å². The Morgan fingerprint density at radius 2 is 2.11 bits per heavy atom. The number of amides is 1. The zero-order chi connectivity index (χ0) is 13.0. The Labute approximate surface area is 152 Å². The fourth-order valence-corrected chi connectivity index (χ4v) is 2.38. The molecule has 1 aromatic heterocycles. The molecule has 7 heteroatoms. The number of nitrogens with one attached hydrogen (secondary N) is 1. The molecule has 0 atom stereocenters. The Hall–Kier alpha value is -0.234. The largest absolute Gasteiger partial charge is 1.00 e. The van der Waals surface area contributed by atoms with Gasteiger partial charge >= 0.3 is 57.4 Å². The summed E-state index contributed by atoms with van der Waals surface area (Å²) in [7, 11) is 0. The molecule has 0 aliphatic carbocycles. The molecule has 5 nitrogen and oxygen atoms in total. The zero-order valence-electron chi connectivity index (χ0n) is 10.8.